The zero-order chi connectivity index (χ0) is 9.84. The third-order valence-corrected chi connectivity index (χ3v) is 1.54. The van der Waals surface area contributed by atoms with Crippen LogP contribution in [-0.2, 0) is 0 Å². The molecule has 0 atom stereocenters. The van der Waals surface area contributed by atoms with Crippen LogP contribution in [0.15, 0.2) is 24.3 Å². The van der Waals surface area contributed by atoms with Gasteiger partial charge in [0.25, 0.3) is 5.91 Å². The van der Waals surface area contributed by atoms with Gasteiger partial charge in [0.05, 0.1) is 11.1 Å². The normalized spacial score (nSPS) is 9.31. The summed E-state index contributed by atoms with van der Waals surface area (Å²) in [5.74, 6) is -1.46. The van der Waals surface area contributed by atoms with Crippen molar-refractivity contribution >= 4 is 11.8 Å². The lowest BCUT2D eigenvalue weighted by molar-refractivity contribution is 0.0702. The van der Waals surface area contributed by atoms with Crippen molar-refractivity contribution in [2.24, 2.45) is 5.73 Å². The van der Waals surface area contributed by atoms with E-state index >= 15 is 0 Å². The number of hydrogen-bond acceptors (Lipinski definition) is 3. The first-order valence-electron chi connectivity index (χ1n) is 3.50. The molecule has 2 amide bonds. The first-order chi connectivity index (χ1) is 6.16. The molecule has 0 spiro atoms. The van der Waals surface area contributed by atoms with Crippen LogP contribution in [0, 0.1) is 0 Å². The van der Waals surface area contributed by atoms with E-state index in [0.29, 0.717) is 0 Å². The van der Waals surface area contributed by atoms with Crippen LogP contribution < -0.4 is 11.2 Å². The average Bonchev–Trinajstić information content (AvgIpc) is 2.16. The minimum atomic E-state index is -0.755. The molecule has 13 heavy (non-hydrogen) atoms. The van der Waals surface area contributed by atoms with Crippen molar-refractivity contribution in [3.63, 3.8) is 0 Å². The maximum atomic E-state index is 11.0. The third-order valence-electron chi connectivity index (χ3n) is 1.54. The number of carbonyl (C=O) groups is 2. The highest BCUT2D eigenvalue weighted by Gasteiger charge is 2.12. The van der Waals surface area contributed by atoms with E-state index in [1.807, 2.05) is 0 Å². The van der Waals surface area contributed by atoms with Crippen LogP contribution in [0.5, 0.6) is 0 Å². The largest absolute Gasteiger partial charge is 0.366 e. The molecule has 1 aromatic rings. The van der Waals surface area contributed by atoms with Gasteiger partial charge in [-0.05, 0) is 12.1 Å². The number of hydroxylamine groups is 1. The summed E-state index contributed by atoms with van der Waals surface area (Å²) in [5, 5.41) is 8.34. The molecule has 5 heteroatoms. The second-order valence-electron chi connectivity index (χ2n) is 2.35. The highest BCUT2D eigenvalue weighted by molar-refractivity contribution is 6.06. The highest BCUT2D eigenvalue weighted by Crippen LogP contribution is 2.07. The van der Waals surface area contributed by atoms with Gasteiger partial charge < -0.3 is 5.73 Å². The van der Waals surface area contributed by atoms with Gasteiger partial charge in [-0.1, -0.05) is 12.1 Å². The molecule has 5 nitrogen and oxygen atoms in total. The summed E-state index contributed by atoms with van der Waals surface area (Å²) in [4.78, 5) is 21.8. The molecule has 0 heterocycles. The van der Waals surface area contributed by atoms with Crippen molar-refractivity contribution in [2.45, 2.75) is 0 Å². The molecule has 1 aromatic carbocycles. The smallest absolute Gasteiger partial charge is 0.275 e. The first kappa shape index (κ1) is 9.21. The van der Waals surface area contributed by atoms with Gasteiger partial charge in [0.1, 0.15) is 0 Å². The van der Waals surface area contributed by atoms with Gasteiger partial charge in [-0.15, -0.1) is 0 Å². The van der Waals surface area contributed by atoms with Crippen LogP contribution in [0.3, 0.4) is 0 Å². The molecule has 1 rings (SSSR count). The minimum Gasteiger partial charge on any atom is -0.366 e. The zero-order valence-corrected chi connectivity index (χ0v) is 6.65. The van der Waals surface area contributed by atoms with E-state index < -0.39 is 11.8 Å². The quantitative estimate of drug-likeness (QED) is 0.438. The molecule has 0 aliphatic carbocycles. The topological polar surface area (TPSA) is 92.4 Å². The van der Waals surface area contributed by atoms with E-state index in [1.165, 1.54) is 17.6 Å². The van der Waals surface area contributed by atoms with Crippen LogP contribution in [0.4, 0.5) is 0 Å². The molecular formula is C8H8N2O3. The van der Waals surface area contributed by atoms with Crippen molar-refractivity contribution < 1.29 is 14.8 Å². The van der Waals surface area contributed by atoms with E-state index in [4.69, 9.17) is 10.9 Å². The Hall–Kier alpha value is -1.88. The maximum Gasteiger partial charge on any atom is 0.275 e. The predicted octanol–water partition coefficient (Wildman–Crippen LogP) is -0.0955. The summed E-state index contributed by atoms with van der Waals surface area (Å²) < 4.78 is 0. The van der Waals surface area contributed by atoms with Crippen LogP contribution >= 0.6 is 0 Å². The van der Waals surface area contributed by atoms with E-state index in [1.54, 1.807) is 12.1 Å². The molecule has 0 radical (unpaired) electrons. The number of rotatable bonds is 2. The SMILES string of the molecule is NC(=O)c1ccccc1C(=O)NO. The summed E-state index contributed by atoms with van der Waals surface area (Å²) in [6, 6.07) is 5.95. The molecule has 4 N–H and O–H groups in total. The van der Waals surface area contributed by atoms with E-state index in [-0.39, 0.29) is 11.1 Å². The number of hydrogen-bond donors (Lipinski definition) is 3. The van der Waals surface area contributed by atoms with Gasteiger partial charge in [-0.25, -0.2) is 5.48 Å². The fraction of sp³-hybridized carbons (Fsp3) is 0. The molecule has 0 unspecified atom stereocenters. The molecule has 0 saturated heterocycles. The van der Waals surface area contributed by atoms with Gasteiger partial charge >= 0.3 is 0 Å². The van der Waals surface area contributed by atoms with E-state index in [9.17, 15) is 9.59 Å². The lowest BCUT2D eigenvalue weighted by Gasteiger charge is -2.02. The molecular weight excluding hydrogens is 172 g/mol. The average molecular weight is 180 g/mol. The Morgan fingerprint density at radius 3 is 2.23 bits per heavy atom. The molecule has 0 bridgehead atoms. The lowest BCUT2D eigenvalue weighted by atomic mass is 10.1. The summed E-state index contributed by atoms with van der Waals surface area (Å²) >= 11 is 0. The standard InChI is InChI=1S/C8H8N2O3/c9-7(11)5-3-1-2-4-6(5)8(12)10-13/h1-4,13H,(H2,9,11)(H,10,12). The van der Waals surface area contributed by atoms with Gasteiger partial charge in [-0.2, -0.15) is 0 Å². The van der Waals surface area contributed by atoms with Crippen LogP contribution in [0.2, 0.25) is 0 Å². The molecule has 68 valence electrons. The van der Waals surface area contributed by atoms with Gasteiger partial charge in [0.15, 0.2) is 0 Å². The van der Waals surface area contributed by atoms with Crippen LogP contribution in [0.25, 0.3) is 0 Å². The maximum absolute atomic E-state index is 11.0. The fourth-order valence-corrected chi connectivity index (χ4v) is 0.956. The summed E-state index contributed by atoms with van der Waals surface area (Å²) in [7, 11) is 0. The molecule has 0 aromatic heterocycles. The van der Waals surface area contributed by atoms with Crippen molar-refractivity contribution in [2.75, 3.05) is 0 Å². The summed E-state index contributed by atoms with van der Waals surface area (Å²) in [6.45, 7) is 0. The first-order valence-corrected chi connectivity index (χ1v) is 3.50. The van der Waals surface area contributed by atoms with Crippen molar-refractivity contribution in [3.05, 3.63) is 35.4 Å². The second-order valence-corrected chi connectivity index (χ2v) is 2.35. The zero-order valence-electron chi connectivity index (χ0n) is 6.65. The number of nitrogens with one attached hydrogen (secondary N) is 1. The van der Waals surface area contributed by atoms with Crippen LogP contribution in [0.1, 0.15) is 20.7 Å². The number of carbonyl (C=O) groups excluding carboxylic acids is 2. The predicted molar refractivity (Wildman–Crippen MR) is 44.2 cm³/mol. The summed E-state index contributed by atoms with van der Waals surface area (Å²) in [6.07, 6.45) is 0. The number of benzene rings is 1. The Labute approximate surface area is 74.1 Å². The number of amides is 2. The van der Waals surface area contributed by atoms with Gasteiger partial charge in [-0.3, -0.25) is 14.8 Å². The number of nitrogens with two attached hydrogens (primary N) is 1. The Morgan fingerprint density at radius 1 is 1.23 bits per heavy atom. The highest BCUT2D eigenvalue weighted by atomic mass is 16.5. The Morgan fingerprint density at radius 2 is 1.77 bits per heavy atom. The van der Waals surface area contributed by atoms with Crippen molar-refractivity contribution in [3.8, 4) is 0 Å². The minimum absolute atomic E-state index is 0.0532. The third kappa shape index (κ3) is 1.83. The van der Waals surface area contributed by atoms with Crippen molar-refractivity contribution in [1.82, 2.24) is 5.48 Å². The molecule has 0 fully saturated rings. The molecule has 0 aliphatic rings. The number of primary amides is 1. The van der Waals surface area contributed by atoms with E-state index in [0.717, 1.165) is 0 Å². The molecule has 0 aliphatic heterocycles. The van der Waals surface area contributed by atoms with Crippen LogP contribution in [-0.4, -0.2) is 17.0 Å². The van der Waals surface area contributed by atoms with Gasteiger partial charge in [0, 0.05) is 0 Å². The lowest BCUT2D eigenvalue weighted by Crippen LogP contribution is -2.23. The Balaban J connectivity index is 3.19. The van der Waals surface area contributed by atoms with Crippen molar-refractivity contribution in [1.29, 1.82) is 0 Å². The second kappa shape index (κ2) is 3.68. The molecule has 0 saturated carbocycles. The Kier molecular flexibility index (Phi) is 2.61. The monoisotopic (exact) mass is 180 g/mol. The van der Waals surface area contributed by atoms with Gasteiger partial charge in [0.2, 0.25) is 5.91 Å². The van der Waals surface area contributed by atoms with E-state index in [2.05, 4.69) is 0 Å². The fourth-order valence-electron chi connectivity index (χ4n) is 0.956. The summed E-state index contributed by atoms with van der Waals surface area (Å²) in [5.41, 5.74) is 6.57. The Bertz CT molecular complexity index is 349.